The molecule has 21 heavy (non-hydrogen) atoms. The number of benzene rings is 2. The van der Waals surface area contributed by atoms with Gasteiger partial charge >= 0.3 is 0 Å². The van der Waals surface area contributed by atoms with Gasteiger partial charge in [-0.3, -0.25) is 4.79 Å². The number of carbonyl (C=O) groups excluding carboxylic acids is 1. The number of carbonyl (C=O) groups is 1. The van der Waals surface area contributed by atoms with Gasteiger partial charge in [0.1, 0.15) is 0 Å². The average Bonchev–Trinajstić information content (AvgIpc) is 2.52. The molecule has 0 heterocycles. The van der Waals surface area contributed by atoms with E-state index in [2.05, 4.69) is 17.5 Å². The van der Waals surface area contributed by atoms with Crippen LogP contribution in [0.15, 0.2) is 59.7 Å². The third-order valence-electron chi connectivity index (χ3n) is 3.20. The van der Waals surface area contributed by atoms with Gasteiger partial charge in [0, 0.05) is 5.56 Å². The maximum atomic E-state index is 12.1. The number of hydrogen-bond donors (Lipinski definition) is 1. The fourth-order valence-electron chi connectivity index (χ4n) is 2.02. The quantitative estimate of drug-likeness (QED) is 0.654. The monoisotopic (exact) mass is 280 g/mol. The molecule has 0 aliphatic carbocycles. The van der Waals surface area contributed by atoms with E-state index in [1.165, 1.54) is 0 Å². The van der Waals surface area contributed by atoms with Crippen molar-refractivity contribution in [3.8, 4) is 0 Å². The Morgan fingerprint density at radius 1 is 1.00 bits per heavy atom. The molecule has 0 unspecified atom stereocenters. The molecule has 108 valence electrons. The topological polar surface area (TPSA) is 41.5 Å². The number of nitrogens with zero attached hydrogens (tertiary/aromatic N) is 1. The van der Waals surface area contributed by atoms with Gasteiger partial charge in [-0.1, -0.05) is 61.4 Å². The minimum Gasteiger partial charge on any atom is -0.267 e. The first-order chi connectivity index (χ1) is 10.2. The van der Waals surface area contributed by atoms with Crippen molar-refractivity contribution in [2.75, 3.05) is 0 Å². The van der Waals surface area contributed by atoms with Gasteiger partial charge in [0.25, 0.3) is 5.91 Å². The van der Waals surface area contributed by atoms with Gasteiger partial charge in [0.05, 0.1) is 5.71 Å². The smallest absolute Gasteiger partial charge is 0.267 e. The normalized spacial score (nSPS) is 11.2. The number of rotatable bonds is 5. The Bertz CT molecular complexity index is 615. The standard InChI is InChI=1S/C18H20N2O/c1-3-7-17(15-8-5-4-6-9-15)19-20-18(21)16-12-10-14(2)11-13-16/h4-6,8-13H,3,7H2,1-2H3,(H,20,21)/b19-17+. The largest absolute Gasteiger partial charge is 0.271 e. The van der Waals surface area contributed by atoms with E-state index in [-0.39, 0.29) is 5.91 Å². The summed E-state index contributed by atoms with van der Waals surface area (Å²) in [5.74, 6) is -0.181. The molecule has 0 fully saturated rings. The lowest BCUT2D eigenvalue weighted by Gasteiger charge is -2.06. The average molecular weight is 280 g/mol. The number of nitrogens with one attached hydrogen (secondary N) is 1. The van der Waals surface area contributed by atoms with Crippen molar-refractivity contribution in [1.82, 2.24) is 5.43 Å². The van der Waals surface area contributed by atoms with E-state index in [1.54, 1.807) is 0 Å². The van der Waals surface area contributed by atoms with Gasteiger partial charge in [0.15, 0.2) is 0 Å². The molecule has 0 atom stereocenters. The minimum absolute atomic E-state index is 0.181. The van der Waals surface area contributed by atoms with Crippen molar-refractivity contribution in [3.63, 3.8) is 0 Å². The van der Waals surface area contributed by atoms with Crippen LogP contribution in [0, 0.1) is 6.92 Å². The first-order valence-corrected chi connectivity index (χ1v) is 7.19. The lowest BCUT2D eigenvalue weighted by molar-refractivity contribution is 0.0955. The summed E-state index contributed by atoms with van der Waals surface area (Å²) >= 11 is 0. The summed E-state index contributed by atoms with van der Waals surface area (Å²) in [6, 6.07) is 17.4. The van der Waals surface area contributed by atoms with Gasteiger partial charge in [-0.25, -0.2) is 5.43 Å². The molecule has 0 radical (unpaired) electrons. The Hall–Kier alpha value is -2.42. The van der Waals surface area contributed by atoms with Crippen LogP contribution < -0.4 is 5.43 Å². The van der Waals surface area contributed by atoms with Crippen LogP contribution in [0.3, 0.4) is 0 Å². The molecule has 0 bridgehead atoms. The molecule has 1 amide bonds. The van der Waals surface area contributed by atoms with Gasteiger partial charge in [0.2, 0.25) is 0 Å². The van der Waals surface area contributed by atoms with E-state index in [4.69, 9.17) is 0 Å². The van der Waals surface area contributed by atoms with E-state index >= 15 is 0 Å². The number of hydrogen-bond acceptors (Lipinski definition) is 2. The maximum absolute atomic E-state index is 12.1. The van der Waals surface area contributed by atoms with Crippen molar-refractivity contribution in [1.29, 1.82) is 0 Å². The van der Waals surface area contributed by atoms with E-state index in [0.717, 1.165) is 29.7 Å². The van der Waals surface area contributed by atoms with E-state index in [1.807, 2.05) is 61.5 Å². The first-order valence-electron chi connectivity index (χ1n) is 7.19. The summed E-state index contributed by atoms with van der Waals surface area (Å²) in [5.41, 5.74) is 6.35. The fourth-order valence-corrected chi connectivity index (χ4v) is 2.02. The van der Waals surface area contributed by atoms with Crippen LogP contribution in [0.5, 0.6) is 0 Å². The van der Waals surface area contributed by atoms with Crippen molar-refractivity contribution < 1.29 is 4.79 Å². The SMILES string of the molecule is CCC/C(=N\NC(=O)c1ccc(C)cc1)c1ccccc1. The van der Waals surface area contributed by atoms with Crippen LogP contribution in [0.2, 0.25) is 0 Å². The van der Waals surface area contributed by atoms with Gasteiger partial charge in [-0.05, 0) is 31.0 Å². The van der Waals surface area contributed by atoms with Crippen LogP contribution in [-0.2, 0) is 0 Å². The minimum atomic E-state index is -0.181. The highest BCUT2D eigenvalue weighted by atomic mass is 16.2. The Balaban J connectivity index is 2.12. The van der Waals surface area contributed by atoms with Gasteiger partial charge < -0.3 is 0 Å². The molecule has 2 aromatic rings. The Morgan fingerprint density at radius 3 is 2.29 bits per heavy atom. The highest BCUT2D eigenvalue weighted by Gasteiger charge is 2.06. The Kier molecular flexibility index (Phi) is 5.27. The molecule has 0 saturated carbocycles. The maximum Gasteiger partial charge on any atom is 0.271 e. The second kappa shape index (κ2) is 7.39. The van der Waals surface area contributed by atoms with Crippen molar-refractivity contribution in [2.24, 2.45) is 5.10 Å². The molecule has 0 aromatic heterocycles. The summed E-state index contributed by atoms with van der Waals surface area (Å²) < 4.78 is 0. The van der Waals surface area contributed by atoms with E-state index in [9.17, 15) is 4.79 Å². The molecule has 0 saturated heterocycles. The molecule has 3 nitrogen and oxygen atoms in total. The third kappa shape index (κ3) is 4.28. The molecular formula is C18H20N2O. The first kappa shape index (κ1) is 15.0. The van der Waals surface area contributed by atoms with Crippen molar-refractivity contribution >= 4 is 11.6 Å². The number of amides is 1. The highest BCUT2D eigenvalue weighted by molar-refractivity contribution is 6.02. The van der Waals surface area contributed by atoms with Gasteiger partial charge in [-0.2, -0.15) is 5.10 Å². The Labute approximate surface area is 125 Å². The molecule has 1 N–H and O–H groups in total. The zero-order valence-electron chi connectivity index (χ0n) is 12.5. The molecule has 3 heteroatoms. The lowest BCUT2D eigenvalue weighted by Crippen LogP contribution is -2.20. The van der Waals surface area contributed by atoms with Crippen LogP contribution in [0.25, 0.3) is 0 Å². The zero-order chi connectivity index (χ0) is 15.1. The van der Waals surface area contributed by atoms with Crippen LogP contribution in [0.1, 0.15) is 41.3 Å². The van der Waals surface area contributed by atoms with Crippen LogP contribution in [-0.4, -0.2) is 11.6 Å². The van der Waals surface area contributed by atoms with Crippen molar-refractivity contribution in [3.05, 3.63) is 71.3 Å². The molecule has 2 aromatic carbocycles. The van der Waals surface area contributed by atoms with E-state index in [0.29, 0.717) is 5.56 Å². The van der Waals surface area contributed by atoms with Crippen LogP contribution in [0.4, 0.5) is 0 Å². The van der Waals surface area contributed by atoms with E-state index < -0.39 is 0 Å². The second-order valence-electron chi connectivity index (χ2n) is 4.98. The summed E-state index contributed by atoms with van der Waals surface area (Å²) in [5, 5.41) is 4.30. The number of aryl methyl sites for hydroxylation is 1. The predicted molar refractivity (Wildman–Crippen MR) is 86.5 cm³/mol. The fraction of sp³-hybridized carbons (Fsp3) is 0.222. The molecule has 2 rings (SSSR count). The molecular weight excluding hydrogens is 260 g/mol. The summed E-state index contributed by atoms with van der Waals surface area (Å²) in [7, 11) is 0. The lowest BCUT2D eigenvalue weighted by atomic mass is 10.1. The van der Waals surface area contributed by atoms with Crippen LogP contribution >= 0.6 is 0 Å². The highest BCUT2D eigenvalue weighted by Crippen LogP contribution is 2.07. The second-order valence-corrected chi connectivity index (χ2v) is 4.98. The van der Waals surface area contributed by atoms with Gasteiger partial charge in [-0.15, -0.1) is 0 Å². The Morgan fingerprint density at radius 2 is 1.67 bits per heavy atom. The summed E-state index contributed by atoms with van der Waals surface area (Å²) in [4.78, 5) is 12.1. The molecule has 0 aliphatic rings. The summed E-state index contributed by atoms with van der Waals surface area (Å²) in [6.45, 7) is 4.09. The predicted octanol–water partition coefficient (Wildman–Crippen LogP) is 3.93. The molecule has 0 spiro atoms. The van der Waals surface area contributed by atoms with Crippen molar-refractivity contribution in [2.45, 2.75) is 26.7 Å². The zero-order valence-corrected chi connectivity index (χ0v) is 12.5. The number of hydrazone groups is 1. The summed E-state index contributed by atoms with van der Waals surface area (Å²) in [6.07, 6.45) is 1.81. The molecule has 0 aliphatic heterocycles. The third-order valence-corrected chi connectivity index (χ3v) is 3.20.